The Labute approximate surface area is 382 Å². The van der Waals surface area contributed by atoms with Crippen LogP contribution in [-0.2, 0) is 46.3 Å². The van der Waals surface area contributed by atoms with Crippen molar-refractivity contribution in [3.63, 3.8) is 0 Å². The van der Waals surface area contributed by atoms with Crippen molar-refractivity contribution in [2.75, 3.05) is 25.6 Å². The average Bonchev–Trinajstić information content (AvgIpc) is 3.51. The number of nitrogen functional groups attached to an aromatic ring is 1. The molecule has 7 N–H and O–H groups in total. The molecule has 1 aliphatic heterocycles. The molecule has 1 saturated heterocycles. The van der Waals surface area contributed by atoms with Crippen LogP contribution < -0.4 is 11.4 Å². The summed E-state index contributed by atoms with van der Waals surface area (Å²) in [6, 6.07) is 1.23. The molecule has 0 spiro atoms. The number of ether oxygens (including phenoxy) is 3. The summed E-state index contributed by atoms with van der Waals surface area (Å²) in [4.78, 5) is 61.6. The molecule has 0 radical (unpaired) electrons. The van der Waals surface area contributed by atoms with Crippen molar-refractivity contribution in [3.8, 4) is 0 Å². The number of carbonyl (C=O) groups is 2. The number of hydrogen-bond donors (Lipinski definition) is 6. The molecule has 2 heterocycles. The quantitative estimate of drug-likeness (QED) is 0.0131. The van der Waals surface area contributed by atoms with Crippen LogP contribution in [0.25, 0.3) is 0 Å². The zero-order valence-electron chi connectivity index (χ0n) is 38.1. The molecule has 2 rings (SSSR count). The maximum Gasteiger partial charge on any atom is 0.481 e. The molecule has 0 amide bonds. The van der Waals surface area contributed by atoms with E-state index in [-0.39, 0.29) is 31.5 Å². The van der Waals surface area contributed by atoms with Gasteiger partial charge in [0.05, 0.1) is 19.3 Å². The van der Waals surface area contributed by atoms with E-state index in [0.717, 1.165) is 62.1 Å². The van der Waals surface area contributed by atoms with Crippen LogP contribution in [0.15, 0.2) is 65.7 Å². The summed E-state index contributed by atoms with van der Waals surface area (Å²) in [5.41, 5.74) is 4.56. The first kappa shape index (κ1) is 57.8. The van der Waals surface area contributed by atoms with Crippen molar-refractivity contribution in [1.29, 1.82) is 0 Å². The lowest BCUT2D eigenvalue weighted by Crippen LogP contribution is -2.36. The molecule has 0 bridgehead atoms. The zero-order valence-corrected chi connectivity index (χ0v) is 39.8. The molecule has 65 heavy (non-hydrogen) atoms. The summed E-state index contributed by atoms with van der Waals surface area (Å²) in [5, 5.41) is 31.2. The van der Waals surface area contributed by atoms with Crippen LogP contribution in [0.5, 0.6) is 0 Å². The van der Waals surface area contributed by atoms with E-state index < -0.39 is 89.8 Å². The topological polar surface area (TPSA) is 286 Å². The van der Waals surface area contributed by atoms with Gasteiger partial charge in [0.1, 0.15) is 30.7 Å². The van der Waals surface area contributed by atoms with E-state index in [1.807, 2.05) is 12.2 Å². The van der Waals surface area contributed by atoms with Crippen molar-refractivity contribution in [2.24, 2.45) is 5.92 Å². The van der Waals surface area contributed by atoms with E-state index in [1.165, 1.54) is 31.7 Å². The van der Waals surface area contributed by atoms with Gasteiger partial charge in [-0.1, -0.05) is 121 Å². The minimum atomic E-state index is -5.46. The molecule has 0 saturated carbocycles. The van der Waals surface area contributed by atoms with Crippen LogP contribution in [0.1, 0.15) is 136 Å². The molecular formula is C44H73N3O16P2. The fourth-order valence-corrected chi connectivity index (χ4v) is 8.47. The predicted molar refractivity (Wildman–Crippen MR) is 244 cm³/mol. The summed E-state index contributed by atoms with van der Waals surface area (Å²) in [7, 11) is -10.9. The summed E-state index contributed by atoms with van der Waals surface area (Å²) in [6.45, 7) is 4.08. The number of anilines is 1. The van der Waals surface area contributed by atoms with Gasteiger partial charge in [0.15, 0.2) is 12.3 Å². The second-order valence-electron chi connectivity index (χ2n) is 16.2. The van der Waals surface area contributed by atoms with Crippen LogP contribution >= 0.6 is 15.6 Å². The second kappa shape index (κ2) is 32.4. The van der Waals surface area contributed by atoms with Crippen molar-refractivity contribution < 1.29 is 71.4 Å². The number of esters is 2. The number of aliphatic hydroxyl groups excluding tert-OH is 3. The highest BCUT2D eigenvalue weighted by atomic mass is 31.3. The Morgan fingerprint density at radius 1 is 0.846 bits per heavy atom. The lowest BCUT2D eigenvalue weighted by Gasteiger charge is -2.21. The minimum absolute atomic E-state index is 0.0824. The van der Waals surface area contributed by atoms with Crippen LogP contribution in [0.3, 0.4) is 0 Å². The third kappa shape index (κ3) is 26.6. The van der Waals surface area contributed by atoms with Crippen molar-refractivity contribution in [1.82, 2.24) is 9.55 Å². The molecule has 0 aliphatic carbocycles. The molecule has 1 aromatic heterocycles. The highest BCUT2D eigenvalue weighted by molar-refractivity contribution is 7.61. The van der Waals surface area contributed by atoms with Crippen LogP contribution in [0.2, 0.25) is 0 Å². The Balaban J connectivity index is 1.89. The van der Waals surface area contributed by atoms with E-state index in [4.69, 9.17) is 29.0 Å². The number of phosphoric ester groups is 2. The maximum atomic E-state index is 12.8. The normalized spacial score (nSPS) is 20.8. The van der Waals surface area contributed by atoms with E-state index in [0.29, 0.717) is 12.3 Å². The monoisotopic (exact) mass is 961 g/mol. The first-order chi connectivity index (χ1) is 30.9. The van der Waals surface area contributed by atoms with E-state index in [2.05, 4.69) is 54.4 Å². The number of phosphoric acid groups is 2. The van der Waals surface area contributed by atoms with Crippen LogP contribution in [0, 0.1) is 5.92 Å². The Morgan fingerprint density at radius 3 is 2.22 bits per heavy atom. The summed E-state index contributed by atoms with van der Waals surface area (Å²) < 4.78 is 56.3. The van der Waals surface area contributed by atoms with Gasteiger partial charge in [-0.3, -0.25) is 23.2 Å². The molecule has 1 aromatic rings. The SMILES string of the molecule is CCCCC/C=C\C/C=C\C/C=C\C=C\[C@H](O)CCCC(=O)O[C@H](COC(=O)CCCCCCCCC(C)C)COP(=O)(O)OP(=O)(O)OC[C@H]1O[C@@H](n2ccc(N)nc2=O)[C@H](O)[C@@H]1O. The van der Waals surface area contributed by atoms with Gasteiger partial charge in [-0.05, 0) is 56.9 Å². The molecule has 1 fully saturated rings. The number of nitrogens with two attached hydrogens (primary N) is 1. The Morgan fingerprint density at radius 2 is 1.51 bits per heavy atom. The van der Waals surface area contributed by atoms with Gasteiger partial charge in [-0.15, -0.1) is 0 Å². The molecule has 19 nitrogen and oxygen atoms in total. The van der Waals surface area contributed by atoms with Gasteiger partial charge in [-0.25, -0.2) is 13.9 Å². The van der Waals surface area contributed by atoms with Crippen molar-refractivity contribution in [3.05, 3.63) is 71.4 Å². The van der Waals surface area contributed by atoms with Crippen molar-refractivity contribution >= 4 is 33.4 Å². The van der Waals surface area contributed by atoms with Crippen LogP contribution in [0.4, 0.5) is 5.82 Å². The highest BCUT2D eigenvalue weighted by Crippen LogP contribution is 2.60. The number of unbranched alkanes of at least 4 members (excludes halogenated alkanes) is 8. The van der Waals surface area contributed by atoms with Gasteiger partial charge in [0.25, 0.3) is 0 Å². The van der Waals surface area contributed by atoms with E-state index in [1.54, 1.807) is 12.2 Å². The number of nitrogens with zero attached hydrogens (tertiary/aromatic N) is 2. The third-order valence-corrected chi connectivity index (χ3v) is 12.6. The molecule has 21 heteroatoms. The van der Waals surface area contributed by atoms with Gasteiger partial charge in [0, 0.05) is 19.0 Å². The third-order valence-electron chi connectivity index (χ3n) is 9.95. The molecular weight excluding hydrogens is 888 g/mol. The van der Waals surface area contributed by atoms with Crippen molar-refractivity contribution in [2.45, 2.75) is 167 Å². The van der Waals surface area contributed by atoms with Gasteiger partial charge >= 0.3 is 33.3 Å². The smallest absolute Gasteiger partial charge is 0.462 e. The number of hydrogen-bond acceptors (Lipinski definition) is 16. The predicted octanol–water partition coefficient (Wildman–Crippen LogP) is 7.04. The maximum absolute atomic E-state index is 12.8. The average molecular weight is 962 g/mol. The van der Waals surface area contributed by atoms with Gasteiger partial charge in [-0.2, -0.15) is 9.29 Å². The molecule has 370 valence electrons. The van der Waals surface area contributed by atoms with Crippen LogP contribution in [-0.4, -0.2) is 96.9 Å². The number of aromatic nitrogens is 2. The molecule has 1 aliphatic rings. The number of allylic oxidation sites excluding steroid dienone is 7. The molecule has 2 unspecified atom stereocenters. The number of aliphatic hydroxyl groups is 3. The fourth-order valence-electron chi connectivity index (χ4n) is 6.36. The molecule has 8 atom stereocenters. The lowest BCUT2D eigenvalue weighted by atomic mass is 10.0. The summed E-state index contributed by atoms with van der Waals surface area (Å²) in [6.07, 6.45) is 21.4. The summed E-state index contributed by atoms with van der Waals surface area (Å²) in [5.74, 6) is -0.862. The largest absolute Gasteiger partial charge is 0.481 e. The Kier molecular flexibility index (Phi) is 28.8. The molecule has 0 aromatic carbocycles. The fraction of sp³-hybridized carbons (Fsp3) is 0.682. The highest BCUT2D eigenvalue weighted by Gasteiger charge is 2.46. The Bertz CT molecular complexity index is 1800. The van der Waals surface area contributed by atoms with Gasteiger partial charge in [0.2, 0.25) is 0 Å². The first-order valence-electron chi connectivity index (χ1n) is 22.6. The first-order valence-corrected chi connectivity index (χ1v) is 25.6. The summed E-state index contributed by atoms with van der Waals surface area (Å²) >= 11 is 0. The van der Waals surface area contributed by atoms with Gasteiger partial charge < -0.3 is 45.1 Å². The number of rotatable bonds is 35. The lowest BCUT2D eigenvalue weighted by molar-refractivity contribution is -0.161. The zero-order chi connectivity index (χ0) is 48.1. The second-order valence-corrected chi connectivity index (χ2v) is 19.3. The van der Waals surface area contributed by atoms with E-state index in [9.17, 15) is 48.6 Å². The Hall–Kier alpha value is -3.32. The number of carbonyl (C=O) groups excluding carboxylic acids is 2. The minimum Gasteiger partial charge on any atom is -0.462 e. The standard InChI is InChI=1S/C44H73N3O16P2/c1-4-5-6-7-8-9-10-11-12-13-14-18-21-25-35(48)26-23-28-40(50)61-36(31-58-39(49)27-22-19-16-15-17-20-24-34(2)3)32-59-64(54,55)63-65(56,57)60-33-37-41(51)42(52)43(62-37)47-30-29-38(45)46-44(47)53/h8-9,11-12,14,18,21,25,29-30,34-37,41-43,48,51-52H,4-7,10,13,15-17,19-20,22-24,26-28,31-33H2,1-3H3,(H,54,55)(H,56,57)(H2,45,46,53)/b9-8-,12-11-,18-14-,25-21+/t35-,36+,37+,41+,42+,43+/m0/s1. The van der Waals surface area contributed by atoms with E-state index >= 15 is 0 Å².